The van der Waals surface area contributed by atoms with E-state index >= 15 is 0 Å². The van der Waals surface area contributed by atoms with Gasteiger partial charge in [-0.3, -0.25) is 4.98 Å². The first-order valence-electron chi connectivity index (χ1n) is 6.16. The van der Waals surface area contributed by atoms with Gasteiger partial charge in [-0.1, -0.05) is 11.6 Å². The van der Waals surface area contributed by atoms with Crippen LogP contribution in [0.25, 0.3) is 10.9 Å². The summed E-state index contributed by atoms with van der Waals surface area (Å²) in [6, 6.07) is 8.19. The number of aromatic nitrogens is 2. The molecule has 0 aliphatic rings. The lowest BCUT2D eigenvalue weighted by atomic mass is 10.2. The Balaban J connectivity index is 2.09. The lowest BCUT2D eigenvalue weighted by Gasteiger charge is -2.10. The van der Waals surface area contributed by atoms with Crippen LogP contribution in [0.3, 0.4) is 0 Å². The largest absolute Gasteiger partial charge is 0.434 e. The van der Waals surface area contributed by atoms with E-state index in [4.69, 9.17) is 21.4 Å². The van der Waals surface area contributed by atoms with Gasteiger partial charge in [0.2, 0.25) is 0 Å². The maximum Gasteiger partial charge on any atom is 0.256 e. The van der Waals surface area contributed by atoms with E-state index in [1.54, 1.807) is 30.5 Å². The summed E-state index contributed by atoms with van der Waals surface area (Å²) in [7, 11) is 0. The topological polar surface area (TPSA) is 55.2 Å². The van der Waals surface area contributed by atoms with Crippen LogP contribution in [0.2, 0.25) is 5.02 Å². The van der Waals surface area contributed by atoms with Crippen molar-refractivity contribution < 1.29 is 14.2 Å². The van der Waals surface area contributed by atoms with Crippen LogP contribution in [0.15, 0.2) is 42.7 Å². The first kappa shape index (κ1) is 13.7. The van der Waals surface area contributed by atoms with Gasteiger partial charge in [-0.15, -0.1) is 0 Å². The van der Waals surface area contributed by atoms with Crippen molar-refractivity contribution in [3.63, 3.8) is 0 Å². The molecule has 1 N–H and O–H groups in total. The molecule has 0 bridgehead atoms. The zero-order valence-electron chi connectivity index (χ0n) is 10.8. The Hall–Kier alpha value is -2.24. The van der Waals surface area contributed by atoms with E-state index in [-0.39, 0.29) is 11.4 Å². The number of hydrogen-bond donors (Lipinski definition) is 1. The summed E-state index contributed by atoms with van der Waals surface area (Å²) >= 11 is 6.09. The van der Waals surface area contributed by atoms with Gasteiger partial charge in [0.15, 0.2) is 11.6 Å². The van der Waals surface area contributed by atoms with Gasteiger partial charge in [-0.2, -0.15) is 0 Å². The van der Waals surface area contributed by atoms with E-state index in [9.17, 15) is 4.39 Å². The maximum atomic E-state index is 14.0. The molecule has 6 heteroatoms. The molecule has 3 rings (SSSR count). The van der Waals surface area contributed by atoms with Crippen LogP contribution < -0.4 is 4.74 Å². The third-order valence-electron chi connectivity index (χ3n) is 2.99. The van der Waals surface area contributed by atoms with E-state index in [1.165, 1.54) is 12.3 Å². The highest BCUT2D eigenvalue weighted by molar-refractivity contribution is 6.35. The minimum atomic E-state index is -0.695. The molecule has 1 aromatic carbocycles. The van der Waals surface area contributed by atoms with Crippen LogP contribution in [0.4, 0.5) is 4.39 Å². The third-order valence-corrected chi connectivity index (χ3v) is 3.32. The van der Waals surface area contributed by atoms with E-state index in [0.717, 1.165) is 0 Å². The molecule has 4 nitrogen and oxygen atoms in total. The van der Waals surface area contributed by atoms with Gasteiger partial charge in [0.25, 0.3) is 5.88 Å². The van der Waals surface area contributed by atoms with Crippen molar-refractivity contribution in [2.24, 2.45) is 0 Å². The number of halogens is 2. The number of nitrogens with zero attached hydrogens (tertiary/aromatic N) is 2. The molecule has 0 amide bonds. The molecule has 0 spiro atoms. The van der Waals surface area contributed by atoms with Crippen molar-refractivity contribution in [2.75, 3.05) is 0 Å². The minimum Gasteiger partial charge on any atom is -0.434 e. The standard InChI is InChI=1S/C15H10ClFN2O2/c16-11-3-4-12(14-10(11)2-1-6-18-14)21-15-13(17)9(8-20)5-7-19-15/h1-7,20H,8H2. The maximum absolute atomic E-state index is 14.0. The Labute approximate surface area is 124 Å². The monoisotopic (exact) mass is 304 g/mol. The van der Waals surface area contributed by atoms with Crippen LogP contribution in [-0.4, -0.2) is 15.1 Å². The van der Waals surface area contributed by atoms with Crippen molar-refractivity contribution >= 4 is 22.5 Å². The van der Waals surface area contributed by atoms with Gasteiger partial charge in [0, 0.05) is 23.3 Å². The van der Waals surface area contributed by atoms with Crippen molar-refractivity contribution in [3.8, 4) is 11.6 Å². The molecular weight excluding hydrogens is 295 g/mol. The summed E-state index contributed by atoms with van der Waals surface area (Å²) in [6.45, 7) is -0.426. The van der Waals surface area contributed by atoms with Gasteiger partial charge in [-0.25, -0.2) is 9.37 Å². The Morgan fingerprint density at radius 3 is 2.81 bits per heavy atom. The number of ether oxygens (including phenoxy) is 1. The molecule has 0 atom stereocenters. The molecule has 3 aromatic rings. The molecule has 2 aromatic heterocycles. The molecule has 0 radical (unpaired) electrons. The van der Waals surface area contributed by atoms with E-state index in [1.807, 2.05) is 0 Å². The van der Waals surface area contributed by atoms with E-state index in [0.29, 0.717) is 21.7 Å². The Bertz CT molecular complexity index is 811. The van der Waals surface area contributed by atoms with E-state index in [2.05, 4.69) is 9.97 Å². The Kier molecular flexibility index (Phi) is 3.68. The SMILES string of the molecule is OCc1ccnc(Oc2ccc(Cl)c3cccnc23)c1F. The summed E-state index contributed by atoms with van der Waals surface area (Å²) in [5.41, 5.74) is 0.631. The minimum absolute atomic E-state index is 0.117. The fraction of sp³-hybridized carbons (Fsp3) is 0.0667. The van der Waals surface area contributed by atoms with Crippen molar-refractivity contribution in [1.29, 1.82) is 0 Å². The predicted octanol–water partition coefficient (Wildman–Crippen LogP) is 3.71. The number of hydrogen-bond acceptors (Lipinski definition) is 4. The third kappa shape index (κ3) is 2.53. The first-order valence-corrected chi connectivity index (χ1v) is 6.54. The highest BCUT2D eigenvalue weighted by atomic mass is 35.5. The molecular formula is C15H10ClFN2O2. The van der Waals surface area contributed by atoms with Crippen molar-refractivity contribution in [2.45, 2.75) is 6.61 Å². The predicted molar refractivity (Wildman–Crippen MR) is 76.9 cm³/mol. The molecule has 0 fully saturated rings. The average molecular weight is 305 g/mol. The molecule has 0 aliphatic carbocycles. The van der Waals surface area contributed by atoms with Crippen LogP contribution in [0, 0.1) is 5.82 Å². The second-order valence-electron chi connectivity index (χ2n) is 4.29. The zero-order chi connectivity index (χ0) is 14.8. The Morgan fingerprint density at radius 2 is 2.00 bits per heavy atom. The van der Waals surface area contributed by atoms with Gasteiger partial charge in [-0.05, 0) is 30.3 Å². The highest BCUT2D eigenvalue weighted by Gasteiger charge is 2.14. The molecule has 21 heavy (non-hydrogen) atoms. The first-order chi connectivity index (χ1) is 10.2. The number of aliphatic hydroxyl groups is 1. The molecule has 0 saturated carbocycles. The van der Waals surface area contributed by atoms with Crippen LogP contribution in [0.1, 0.15) is 5.56 Å². The summed E-state index contributed by atoms with van der Waals surface area (Å²) in [5, 5.41) is 10.3. The van der Waals surface area contributed by atoms with Gasteiger partial charge in [0.05, 0.1) is 11.6 Å². The van der Waals surface area contributed by atoms with E-state index < -0.39 is 12.4 Å². The number of rotatable bonds is 3. The summed E-state index contributed by atoms with van der Waals surface area (Å²) < 4.78 is 19.5. The number of aliphatic hydroxyl groups excluding tert-OH is 1. The molecule has 2 heterocycles. The number of pyridine rings is 2. The molecule has 106 valence electrons. The zero-order valence-corrected chi connectivity index (χ0v) is 11.5. The summed E-state index contributed by atoms with van der Waals surface area (Å²) in [5.74, 6) is -0.564. The van der Waals surface area contributed by atoms with Crippen molar-refractivity contribution in [1.82, 2.24) is 9.97 Å². The smallest absolute Gasteiger partial charge is 0.256 e. The normalized spacial score (nSPS) is 10.8. The summed E-state index contributed by atoms with van der Waals surface area (Å²) in [4.78, 5) is 8.04. The van der Waals surface area contributed by atoms with Crippen LogP contribution >= 0.6 is 11.6 Å². The fourth-order valence-electron chi connectivity index (χ4n) is 1.95. The van der Waals surface area contributed by atoms with Crippen LogP contribution in [-0.2, 0) is 6.61 Å². The number of fused-ring (bicyclic) bond motifs is 1. The quantitative estimate of drug-likeness (QED) is 0.801. The Morgan fingerprint density at radius 1 is 1.14 bits per heavy atom. The van der Waals surface area contributed by atoms with Crippen molar-refractivity contribution in [3.05, 3.63) is 59.1 Å². The fourth-order valence-corrected chi connectivity index (χ4v) is 2.17. The second kappa shape index (κ2) is 5.63. The average Bonchev–Trinajstić information content (AvgIpc) is 2.52. The molecule has 0 saturated heterocycles. The second-order valence-corrected chi connectivity index (χ2v) is 4.70. The summed E-state index contributed by atoms with van der Waals surface area (Å²) in [6.07, 6.45) is 2.97. The van der Waals surface area contributed by atoms with Gasteiger partial charge < -0.3 is 9.84 Å². The van der Waals surface area contributed by atoms with Crippen LogP contribution in [0.5, 0.6) is 11.6 Å². The number of benzene rings is 1. The molecule has 0 unspecified atom stereocenters. The molecule has 0 aliphatic heterocycles. The lowest BCUT2D eigenvalue weighted by Crippen LogP contribution is -1.98. The van der Waals surface area contributed by atoms with Gasteiger partial charge in [0.1, 0.15) is 5.52 Å². The lowest BCUT2D eigenvalue weighted by molar-refractivity contribution is 0.273. The van der Waals surface area contributed by atoms with Gasteiger partial charge >= 0.3 is 0 Å². The highest BCUT2D eigenvalue weighted by Crippen LogP contribution is 2.33.